The fourth-order valence-electron chi connectivity index (χ4n) is 6.77. The lowest BCUT2D eigenvalue weighted by Crippen LogP contribution is -2.12. The van der Waals surface area contributed by atoms with Crippen molar-refractivity contribution in [3.05, 3.63) is 130 Å². The van der Waals surface area contributed by atoms with Crippen LogP contribution >= 0.6 is 0 Å². The predicted octanol–water partition coefficient (Wildman–Crippen LogP) is 9.25. The van der Waals surface area contributed by atoms with Crippen LogP contribution in [0.3, 0.4) is 0 Å². The molecule has 374 valence electrons. The van der Waals surface area contributed by atoms with Gasteiger partial charge in [-0.05, 0) is 132 Å². The first-order valence-electron chi connectivity index (χ1n) is 21.9. The highest BCUT2D eigenvalue weighted by Gasteiger charge is 2.13. The number of aromatic nitrogens is 6. The first kappa shape index (κ1) is 51.6. The molecule has 72 heavy (non-hydrogen) atoms. The SMILES string of the molecule is Cc1cc(Nc2nc(NCCO)nc(Nc3ccc(Nc4nc(NCCO)nc(Nc5ccc(N=Nc6cc(COO)cc(COO)c6)c(C)c5)n4)cc3)n2)ccc1N=Nc1cc(COO)cc(COO)c1. The third-order valence-corrected chi connectivity index (χ3v) is 9.91. The van der Waals surface area contributed by atoms with Crippen LogP contribution in [-0.4, -0.2) is 87.4 Å². The number of anilines is 10. The Kier molecular flexibility index (Phi) is 18.7. The highest BCUT2D eigenvalue weighted by molar-refractivity contribution is 5.66. The number of rotatable bonds is 26. The van der Waals surface area contributed by atoms with Gasteiger partial charge in [0.05, 0.1) is 36.0 Å². The number of aliphatic hydroxyl groups is 2. The summed E-state index contributed by atoms with van der Waals surface area (Å²) in [6, 6.07) is 28.1. The van der Waals surface area contributed by atoms with E-state index in [0.29, 0.717) is 67.8 Å². The third-order valence-electron chi connectivity index (χ3n) is 9.91. The van der Waals surface area contributed by atoms with Crippen molar-refractivity contribution >= 4 is 81.2 Å². The summed E-state index contributed by atoms with van der Waals surface area (Å²) < 4.78 is 0. The molecule has 0 spiro atoms. The molecule has 2 heterocycles. The molecule has 0 atom stereocenters. The molecule has 0 fully saturated rings. The monoisotopic (exact) mass is 986 g/mol. The van der Waals surface area contributed by atoms with Gasteiger partial charge in [0.15, 0.2) is 0 Å². The average Bonchev–Trinajstić information content (AvgIpc) is 3.35. The van der Waals surface area contributed by atoms with Gasteiger partial charge in [-0.15, -0.1) is 0 Å². The molecule has 26 heteroatoms. The molecule has 0 amide bonds. The lowest BCUT2D eigenvalue weighted by atomic mass is 10.1. The summed E-state index contributed by atoms with van der Waals surface area (Å²) in [5.74, 6) is 1.26. The molecule has 0 bridgehead atoms. The molecular formula is C46H50N16O10. The third kappa shape index (κ3) is 15.4. The Balaban J connectivity index is 1.02. The van der Waals surface area contributed by atoms with E-state index in [-0.39, 0.29) is 88.4 Å². The van der Waals surface area contributed by atoms with Crippen LogP contribution in [0.25, 0.3) is 0 Å². The van der Waals surface area contributed by atoms with Crippen LogP contribution in [0.15, 0.2) is 118 Å². The number of azo groups is 2. The van der Waals surface area contributed by atoms with Gasteiger partial charge in [-0.1, -0.05) is 12.1 Å². The zero-order valence-corrected chi connectivity index (χ0v) is 38.7. The minimum Gasteiger partial charge on any atom is -0.395 e. The maximum absolute atomic E-state index is 9.48. The number of nitrogens with zero attached hydrogens (tertiary/aromatic N) is 10. The van der Waals surface area contributed by atoms with E-state index in [1.807, 2.05) is 26.0 Å². The molecule has 0 radical (unpaired) electrons. The Morgan fingerprint density at radius 1 is 0.389 bits per heavy atom. The molecule has 5 aromatic carbocycles. The number of aryl methyl sites for hydroxylation is 2. The van der Waals surface area contributed by atoms with E-state index in [4.69, 9.17) is 21.0 Å². The molecule has 7 rings (SSSR count). The molecule has 12 N–H and O–H groups in total. The topological polar surface area (TPSA) is 357 Å². The maximum atomic E-state index is 9.48. The Morgan fingerprint density at radius 3 is 1.00 bits per heavy atom. The van der Waals surface area contributed by atoms with Crippen molar-refractivity contribution in [2.24, 2.45) is 20.5 Å². The molecule has 0 saturated carbocycles. The van der Waals surface area contributed by atoms with Crippen molar-refractivity contribution in [3.8, 4) is 0 Å². The van der Waals surface area contributed by atoms with Crippen molar-refractivity contribution in [1.82, 2.24) is 29.9 Å². The van der Waals surface area contributed by atoms with Crippen LogP contribution in [0, 0.1) is 13.8 Å². The number of aliphatic hydroxyl groups excluding tert-OH is 2. The summed E-state index contributed by atoms with van der Waals surface area (Å²) in [5, 5.41) is 90.8. The number of hydrogen-bond acceptors (Lipinski definition) is 26. The van der Waals surface area contributed by atoms with Gasteiger partial charge in [0, 0.05) is 35.8 Å². The van der Waals surface area contributed by atoms with E-state index in [2.05, 4.69) is 102 Å². The van der Waals surface area contributed by atoms with E-state index in [9.17, 15) is 10.2 Å². The molecule has 0 unspecified atom stereocenters. The quantitative estimate of drug-likeness (QED) is 0.0136. The first-order chi connectivity index (χ1) is 35.1. The zero-order chi connectivity index (χ0) is 50.7. The maximum Gasteiger partial charge on any atom is 0.233 e. The van der Waals surface area contributed by atoms with Gasteiger partial charge in [-0.2, -0.15) is 50.4 Å². The van der Waals surface area contributed by atoms with Crippen LogP contribution in [-0.2, 0) is 46.0 Å². The zero-order valence-electron chi connectivity index (χ0n) is 38.7. The highest BCUT2D eigenvalue weighted by Crippen LogP contribution is 2.30. The summed E-state index contributed by atoms with van der Waals surface area (Å²) in [5.41, 5.74) is 8.65. The van der Waals surface area contributed by atoms with Gasteiger partial charge in [0.2, 0.25) is 35.7 Å². The summed E-state index contributed by atoms with van der Waals surface area (Å²) in [4.78, 5) is 44.0. The molecule has 0 aliphatic carbocycles. The molecule has 7 aromatic rings. The van der Waals surface area contributed by atoms with Gasteiger partial charge in [0.1, 0.15) is 26.4 Å². The van der Waals surface area contributed by atoms with Gasteiger partial charge in [-0.25, -0.2) is 19.6 Å². The van der Waals surface area contributed by atoms with Crippen molar-refractivity contribution in [2.75, 3.05) is 58.2 Å². The second kappa shape index (κ2) is 26.1. The minimum absolute atomic E-state index is 0.0837. The number of hydrogen-bond donors (Lipinski definition) is 12. The summed E-state index contributed by atoms with van der Waals surface area (Å²) in [6.45, 7) is 3.49. The van der Waals surface area contributed by atoms with Gasteiger partial charge < -0.3 is 42.1 Å². The van der Waals surface area contributed by atoms with Crippen LogP contribution in [0.5, 0.6) is 0 Å². The largest absolute Gasteiger partial charge is 0.395 e. The molecule has 2 aromatic heterocycles. The molecule has 26 nitrogen and oxygen atoms in total. The van der Waals surface area contributed by atoms with Gasteiger partial charge in [0.25, 0.3) is 0 Å². The summed E-state index contributed by atoms with van der Waals surface area (Å²) in [7, 11) is 0. The Bertz CT molecular complexity index is 2720. The smallest absolute Gasteiger partial charge is 0.233 e. The number of nitrogens with one attached hydrogen (secondary N) is 6. The normalized spacial score (nSPS) is 11.3. The minimum atomic E-state index is -0.150. The van der Waals surface area contributed by atoms with Crippen LogP contribution < -0.4 is 31.9 Å². The van der Waals surface area contributed by atoms with E-state index < -0.39 is 0 Å². The van der Waals surface area contributed by atoms with Crippen LogP contribution in [0.4, 0.5) is 81.2 Å². The molecule has 0 saturated heterocycles. The van der Waals surface area contributed by atoms with Crippen LogP contribution in [0.2, 0.25) is 0 Å². The lowest BCUT2D eigenvalue weighted by molar-refractivity contribution is -0.254. The van der Waals surface area contributed by atoms with E-state index >= 15 is 0 Å². The van der Waals surface area contributed by atoms with E-state index in [1.165, 1.54) is 0 Å². The highest BCUT2D eigenvalue weighted by atomic mass is 17.1. The fourth-order valence-corrected chi connectivity index (χ4v) is 6.77. The summed E-state index contributed by atoms with van der Waals surface area (Å²) >= 11 is 0. The van der Waals surface area contributed by atoms with E-state index in [0.717, 1.165) is 11.1 Å². The Labute approximate surface area is 410 Å². The standard InChI is InChI=1S/C46H50N16O10/c1-27-15-35(7-9-39(27)61-59-37-19-29(23-69-65)17-30(20-37)24-70-66)51-45-55-41(47-11-13-63)53-43(57-45)49-33-3-5-34(6-4-33)50-44-54-42(48-12-14-64)56-46(58-44)52-36-8-10-40(28(2)16-36)62-60-38-21-31(25-71-67)18-32(22-38)26-72-68/h3-10,15-22,63-68H,11-14,23-26H2,1-2H3,(H3,47,49,51,53,55,57)(H3,48,50,52,54,56,58). The fraction of sp³-hybridized carbons (Fsp3) is 0.217. The van der Waals surface area contributed by atoms with Crippen molar-refractivity contribution < 1.29 is 50.8 Å². The second-order valence-electron chi connectivity index (χ2n) is 15.5. The molecular weight excluding hydrogens is 937 g/mol. The van der Waals surface area contributed by atoms with Crippen LogP contribution in [0.1, 0.15) is 33.4 Å². The second-order valence-corrected chi connectivity index (χ2v) is 15.5. The average molecular weight is 987 g/mol. The van der Waals surface area contributed by atoms with E-state index in [1.54, 1.807) is 84.9 Å². The van der Waals surface area contributed by atoms with Gasteiger partial charge >= 0.3 is 0 Å². The van der Waals surface area contributed by atoms with Crippen molar-refractivity contribution in [2.45, 2.75) is 40.3 Å². The molecule has 0 aliphatic rings. The lowest BCUT2D eigenvalue weighted by Gasteiger charge is -2.13. The Hall–Kier alpha value is -8.28. The first-order valence-corrected chi connectivity index (χ1v) is 21.9. The van der Waals surface area contributed by atoms with Crippen molar-refractivity contribution in [3.63, 3.8) is 0 Å². The summed E-state index contributed by atoms with van der Waals surface area (Å²) in [6.07, 6.45) is 0. The number of benzene rings is 5. The predicted molar refractivity (Wildman–Crippen MR) is 264 cm³/mol. The van der Waals surface area contributed by atoms with Gasteiger partial charge in [-0.3, -0.25) is 21.0 Å². The Morgan fingerprint density at radius 2 is 0.694 bits per heavy atom. The molecule has 0 aliphatic heterocycles. The van der Waals surface area contributed by atoms with Crippen molar-refractivity contribution in [1.29, 1.82) is 0 Å².